The van der Waals surface area contributed by atoms with Crippen molar-refractivity contribution >= 4 is 15.6 Å². The zero-order valence-corrected chi connectivity index (χ0v) is 37.0. The summed E-state index contributed by atoms with van der Waals surface area (Å²) in [5.41, 5.74) is 19.6. The van der Waals surface area contributed by atoms with Crippen LogP contribution in [-0.4, -0.2) is 9.52 Å². The first-order valence-corrected chi connectivity index (χ1v) is 20.2. The molecule has 0 aromatic heterocycles. The van der Waals surface area contributed by atoms with Gasteiger partial charge in [-0.2, -0.15) is 17.7 Å². The van der Waals surface area contributed by atoms with Gasteiger partial charge in [-0.1, -0.05) is 176 Å². The quantitative estimate of drug-likeness (QED) is 0.132. The van der Waals surface area contributed by atoms with E-state index in [0.717, 1.165) is 28.8 Å². The number of hydrogen-bond acceptors (Lipinski definition) is 0. The largest absolute Gasteiger partial charge is 3.00 e. The number of halogens is 2. The summed E-state index contributed by atoms with van der Waals surface area (Å²) in [6.07, 6.45) is 5.76. The van der Waals surface area contributed by atoms with E-state index in [9.17, 15) is 0 Å². The Labute approximate surface area is 342 Å². The minimum atomic E-state index is -0.0132. The molecule has 1 unspecified atom stereocenters. The smallest absolute Gasteiger partial charge is 1.00 e. The number of rotatable bonds is 5. The average Bonchev–Trinajstić information content (AvgIpc) is 3.62. The molecule has 1 atom stereocenters. The third kappa shape index (κ3) is 8.68. The minimum Gasteiger partial charge on any atom is -1.00 e. The Kier molecular flexibility index (Phi) is 14.8. The third-order valence-corrected chi connectivity index (χ3v) is 9.94. The molecule has 0 spiro atoms. The van der Waals surface area contributed by atoms with Crippen LogP contribution in [-0.2, 0) is 43.5 Å². The number of fused-ring (bicyclic) bond motifs is 4. The second kappa shape index (κ2) is 17.6. The molecule has 0 N–H and O–H groups in total. The zero-order valence-electron chi connectivity index (χ0n) is 31.8. The first-order chi connectivity index (χ1) is 23.0. The summed E-state index contributed by atoms with van der Waals surface area (Å²) in [4.78, 5) is 0. The van der Waals surface area contributed by atoms with E-state index >= 15 is 0 Å². The van der Waals surface area contributed by atoms with Gasteiger partial charge in [0.2, 0.25) is 0 Å². The molecule has 0 nitrogen and oxygen atoms in total. The molecule has 51 heavy (non-hydrogen) atoms. The fourth-order valence-electron chi connectivity index (χ4n) is 7.67. The third-order valence-electron chi connectivity index (χ3n) is 9.94. The van der Waals surface area contributed by atoms with Gasteiger partial charge in [-0.3, -0.25) is 0 Å². The summed E-state index contributed by atoms with van der Waals surface area (Å²) in [7, 11) is 0.750. The number of benzene rings is 5. The maximum absolute atomic E-state index is 3.87. The van der Waals surface area contributed by atoms with Crippen molar-refractivity contribution in [3.63, 3.8) is 0 Å². The van der Waals surface area contributed by atoms with E-state index in [-0.39, 0.29) is 67.8 Å². The van der Waals surface area contributed by atoms with Crippen molar-refractivity contribution in [1.29, 1.82) is 0 Å². The average molecular weight is 807 g/mol. The molecule has 262 valence electrons. The van der Waals surface area contributed by atoms with E-state index in [4.69, 9.17) is 0 Å². The SMILES string of the molecule is CCCC1=Cc2c(-c3ccc(-c4ccccc4)cc3)cccc2C1c1c(C(C)(C)C)[c-]cc2c1Cc1cc(C(C)(C)C)ccc1-2.C[SiH]C.[Cl-].[Cl-].[Zr+3]. The Bertz CT molecular complexity index is 1960. The van der Waals surface area contributed by atoms with Crippen LogP contribution in [0.15, 0.2) is 103 Å². The van der Waals surface area contributed by atoms with Gasteiger partial charge in [0.25, 0.3) is 0 Å². The molecule has 0 bridgehead atoms. The van der Waals surface area contributed by atoms with Gasteiger partial charge in [-0.05, 0) is 74.1 Å². The molecule has 4 heteroatoms. The molecule has 2 aliphatic rings. The predicted octanol–water partition coefficient (Wildman–Crippen LogP) is 6.84. The second-order valence-electron chi connectivity index (χ2n) is 15.7. The van der Waals surface area contributed by atoms with Crippen molar-refractivity contribution < 1.29 is 51.0 Å². The summed E-state index contributed by atoms with van der Waals surface area (Å²) in [6, 6.07) is 40.2. The molecule has 0 aliphatic heterocycles. The molecule has 0 heterocycles. The molecule has 7 rings (SSSR count). The van der Waals surface area contributed by atoms with E-state index in [0.29, 0.717) is 0 Å². The van der Waals surface area contributed by atoms with Crippen molar-refractivity contribution in [3.8, 4) is 33.4 Å². The molecule has 2 aliphatic carbocycles. The van der Waals surface area contributed by atoms with Gasteiger partial charge in [0.05, 0.1) is 0 Å². The molecule has 0 saturated heterocycles. The van der Waals surface area contributed by atoms with Gasteiger partial charge in [0.1, 0.15) is 0 Å². The second-order valence-corrected chi connectivity index (χ2v) is 16.9. The summed E-state index contributed by atoms with van der Waals surface area (Å²) in [6.45, 7) is 20.8. The van der Waals surface area contributed by atoms with Gasteiger partial charge in [-0.15, -0.1) is 16.7 Å². The van der Waals surface area contributed by atoms with Crippen molar-refractivity contribution in [1.82, 2.24) is 0 Å². The standard InChI is InChI=1S/C45H45.C2H7Si.2ClH.Zr/c1-8-13-32-27-39-35(31-20-18-30(19-21-31)29-14-10-9-11-15-29)16-12-17-38(39)42(32)43-40-28-33-26-34(44(2,3)4)22-23-36(33)37(40)24-25-41(43)45(5,6)7;1-3-2;;;/h9-12,14-24,26-27,42H,8,13,28H2,1-7H3;3H,1-2H3;2*1H;/q-1;;;;+3/p-2. The van der Waals surface area contributed by atoms with Crippen molar-refractivity contribution in [2.45, 2.75) is 97.6 Å². The zero-order chi connectivity index (χ0) is 34.2. The maximum Gasteiger partial charge on any atom is 3.00 e. The minimum absolute atomic E-state index is 0. The van der Waals surface area contributed by atoms with E-state index < -0.39 is 0 Å². The first-order valence-electron chi connectivity index (χ1n) is 17.9. The summed E-state index contributed by atoms with van der Waals surface area (Å²) in [5, 5.41) is 0. The monoisotopic (exact) mass is 804 g/mol. The number of allylic oxidation sites excluding steroid dienone is 1. The fraction of sp³-hybridized carbons (Fsp3) is 0.319. The van der Waals surface area contributed by atoms with Crippen LogP contribution in [0.25, 0.3) is 39.5 Å². The fourth-order valence-corrected chi connectivity index (χ4v) is 7.67. The van der Waals surface area contributed by atoms with Gasteiger partial charge in [0, 0.05) is 9.52 Å². The summed E-state index contributed by atoms with van der Waals surface area (Å²) >= 11 is 0. The van der Waals surface area contributed by atoms with Crippen molar-refractivity contribution in [3.05, 3.63) is 148 Å². The Balaban J connectivity index is 0.00000113. The Hall–Kier alpha value is -2.48. The Morgan fingerprint density at radius 3 is 1.94 bits per heavy atom. The molecular formula is C47H52Cl2SiZr. The van der Waals surface area contributed by atoms with Crippen LogP contribution >= 0.6 is 0 Å². The molecule has 5 aromatic carbocycles. The predicted molar refractivity (Wildman–Crippen MR) is 212 cm³/mol. The molecule has 0 amide bonds. The Morgan fingerprint density at radius 2 is 1.33 bits per heavy atom. The van der Waals surface area contributed by atoms with Gasteiger partial charge in [-0.25, -0.2) is 0 Å². The normalized spacial score (nSPS) is 14.0. The molecule has 5 aromatic rings. The molecular weight excluding hydrogens is 755 g/mol. The van der Waals surface area contributed by atoms with Crippen molar-refractivity contribution in [2.75, 3.05) is 0 Å². The molecule has 0 fully saturated rings. The van der Waals surface area contributed by atoms with Crippen LogP contribution < -0.4 is 24.8 Å². The first kappa shape index (κ1) is 42.9. The van der Waals surface area contributed by atoms with E-state index in [2.05, 4.69) is 171 Å². The summed E-state index contributed by atoms with van der Waals surface area (Å²) in [5.74, 6) is 0.250. The van der Waals surface area contributed by atoms with Gasteiger partial charge in [0.15, 0.2) is 0 Å². The topological polar surface area (TPSA) is 0 Å². The van der Waals surface area contributed by atoms with Crippen LogP contribution in [0.1, 0.15) is 106 Å². The van der Waals surface area contributed by atoms with Crippen LogP contribution in [0.3, 0.4) is 0 Å². The van der Waals surface area contributed by atoms with Crippen LogP contribution in [0.5, 0.6) is 0 Å². The van der Waals surface area contributed by atoms with E-state index in [1.165, 1.54) is 72.3 Å². The van der Waals surface area contributed by atoms with Crippen LogP contribution in [0, 0.1) is 6.07 Å². The molecule has 0 saturated carbocycles. The Morgan fingerprint density at radius 1 is 0.706 bits per heavy atom. The van der Waals surface area contributed by atoms with Gasteiger partial charge < -0.3 is 24.8 Å². The van der Waals surface area contributed by atoms with Crippen LogP contribution in [0.2, 0.25) is 13.1 Å². The van der Waals surface area contributed by atoms with E-state index in [1.807, 2.05) is 0 Å². The summed E-state index contributed by atoms with van der Waals surface area (Å²) < 4.78 is 0. The maximum atomic E-state index is 3.87. The van der Waals surface area contributed by atoms with Crippen LogP contribution in [0.4, 0.5) is 0 Å². The van der Waals surface area contributed by atoms with Crippen molar-refractivity contribution in [2.24, 2.45) is 0 Å². The molecule has 2 radical (unpaired) electrons. The number of hydrogen-bond donors (Lipinski definition) is 0. The van der Waals surface area contributed by atoms with E-state index in [1.54, 1.807) is 5.57 Å². The van der Waals surface area contributed by atoms with Gasteiger partial charge >= 0.3 is 26.2 Å².